The van der Waals surface area contributed by atoms with E-state index in [9.17, 15) is 0 Å². The van der Waals surface area contributed by atoms with Crippen molar-refractivity contribution in [2.45, 2.75) is 58.5 Å². The summed E-state index contributed by atoms with van der Waals surface area (Å²) in [4.78, 5) is 0. The van der Waals surface area contributed by atoms with E-state index in [2.05, 4.69) is 19.0 Å². The van der Waals surface area contributed by atoms with Gasteiger partial charge in [0.1, 0.15) is 6.26 Å². The van der Waals surface area contributed by atoms with Crippen LogP contribution in [-0.4, -0.2) is 17.9 Å². The van der Waals surface area contributed by atoms with Crippen LogP contribution in [0.2, 0.25) is 0 Å². The van der Waals surface area contributed by atoms with Crippen LogP contribution >= 0.6 is 0 Å². The van der Waals surface area contributed by atoms with Crippen LogP contribution < -0.4 is 0 Å². The standard InChI is InChI=1S/C13H23NO2/c1-3-4-7-12(2)15-10-6-5-8-13-9-11-16-14-13/h9,11-12H,3-8,10H2,1-2H3. The van der Waals surface area contributed by atoms with Gasteiger partial charge >= 0.3 is 0 Å². The Kier molecular flexibility index (Phi) is 6.90. The molecule has 0 aromatic carbocycles. The molecule has 3 nitrogen and oxygen atoms in total. The van der Waals surface area contributed by atoms with Gasteiger partial charge in [0.05, 0.1) is 11.8 Å². The van der Waals surface area contributed by atoms with Crippen LogP contribution in [0.4, 0.5) is 0 Å². The molecule has 0 radical (unpaired) electrons. The molecule has 0 spiro atoms. The highest BCUT2D eigenvalue weighted by Crippen LogP contribution is 2.06. The molecule has 1 atom stereocenters. The fraction of sp³-hybridized carbons (Fsp3) is 0.769. The number of ether oxygens (including phenoxy) is 1. The Labute approximate surface area is 98.2 Å². The van der Waals surface area contributed by atoms with Crippen molar-refractivity contribution in [1.82, 2.24) is 5.16 Å². The molecule has 0 aliphatic carbocycles. The summed E-state index contributed by atoms with van der Waals surface area (Å²) in [7, 11) is 0. The molecule has 0 fully saturated rings. The zero-order valence-electron chi connectivity index (χ0n) is 10.4. The predicted octanol–water partition coefficient (Wildman–Crippen LogP) is 3.59. The van der Waals surface area contributed by atoms with Crippen LogP contribution in [0.25, 0.3) is 0 Å². The Morgan fingerprint density at radius 2 is 2.25 bits per heavy atom. The zero-order valence-corrected chi connectivity index (χ0v) is 10.4. The first kappa shape index (κ1) is 13.2. The van der Waals surface area contributed by atoms with Crippen molar-refractivity contribution < 1.29 is 9.26 Å². The summed E-state index contributed by atoms with van der Waals surface area (Å²) in [5.41, 5.74) is 1.04. The van der Waals surface area contributed by atoms with E-state index < -0.39 is 0 Å². The third-order valence-electron chi connectivity index (χ3n) is 2.69. The summed E-state index contributed by atoms with van der Waals surface area (Å²) < 4.78 is 10.5. The number of hydrogen-bond acceptors (Lipinski definition) is 3. The Morgan fingerprint density at radius 1 is 1.38 bits per heavy atom. The Bertz CT molecular complexity index is 246. The lowest BCUT2D eigenvalue weighted by atomic mass is 10.2. The van der Waals surface area contributed by atoms with E-state index in [0.717, 1.165) is 31.6 Å². The summed E-state index contributed by atoms with van der Waals surface area (Å²) in [5.74, 6) is 0. The SMILES string of the molecule is CCCCC(C)OCCCCc1ccon1. The van der Waals surface area contributed by atoms with E-state index in [1.165, 1.54) is 19.3 Å². The zero-order chi connectivity index (χ0) is 11.6. The van der Waals surface area contributed by atoms with Gasteiger partial charge in [-0.1, -0.05) is 24.9 Å². The first-order chi connectivity index (χ1) is 7.83. The van der Waals surface area contributed by atoms with Crippen LogP contribution in [0.3, 0.4) is 0 Å². The quantitative estimate of drug-likeness (QED) is 0.602. The second-order valence-electron chi connectivity index (χ2n) is 4.27. The van der Waals surface area contributed by atoms with Crippen LogP contribution in [0.5, 0.6) is 0 Å². The molecule has 1 heterocycles. The molecular weight excluding hydrogens is 202 g/mol. The predicted molar refractivity (Wildman–Crippen MR) is 64.4 cm³/mol. The summed E-state index contributed by atoms with van der Waals surface area (Å²) in [6, 6.07) is 1.92. The number of aryl methyl sites for hydroxylation is 1. The van der Waals surface area contributed by atoms with E-state index in [1.807, 2.05) is 6.07 Å². The highest BCUT2D eigenvalue weighted by molar-refractivity contribution is 4.94. The number of aromatic nitrogens is 1. The number of unbranched alkanes of at least 4 members (excludes halogenated alkanes) is 2. The number of nitrogens with zero attached hydrogens (tertiary/aromatic N) is 1. The van der Waals surface area contributed by atoms with Gasteiger partial charge in [0, 0.05) is 12.7 Å². The van der Waals surface area contributed by atoms with Crippen LogP contribution in [0.1, 0.15) is 51.6 Å². The highest BCUT2D eigenvalue weighted by Gasteiger charge is 2.01. The van der Waals surface area contributed by atoms with Crippen LogP contribution in [-0.2, 0) is 11.2 Å². The Balaban J connectivity index is 1.91. The third kappa shape index (κ3) is 5.91. The monoisotopic (exact) mass is 225 g/mol. The number of hydrogen-bond donors (Lipinski definition) is 0. The van der Waals surface area contributed by atoms with Gasteiger partial charge in [-0.05, 0) is 32.6 Å². The molecular formula is C13H23NO2. The molecule has 3 heteroatoms. The van der Waals surface area contributed by atoms with Gasteiger partial charge in [0.25, 0.3) is 0 Å². The lowest BCUT2D eigenvalue weighted by molar-refractivity contribution is 0.0563. The van der Waals surface area contributed by atoms with E-state index in [0.29, 0.717) is 6.10 Å². The van der Waals surface area contributed by atoms with Gasteiger partial charge < -0.3 is 9.26 Å². The smallest absolute Gasteiger partial charge is 0.124 e. The fourth-order valence-corrected chi connectivity index (χ4v) is 1.63. The van der Waals surface area contributed by atoms with Crippen molar-refractivity contribution in [3.8, 4) is 0 Å². The van der Waals surface area contributed by atoms with Crippen LogP contribution in [0.15, 0.2) is 16.9 Å². The normalized spacial score (nSPS) is 12.9. The topological polar surface area (TPSA) is 35.3 Å². The summed E-state index contributed by atoms with van der Waals surface area (Å²) >= 11 is 0. The van der Waals surface area contributed by atoms with E-state index >= 15 is 0 Å². The van der Waals surface area contributed by atoms with Gasteiger partial charge in [0.2, 0.25) is 0 Å². The molecule has 0 aliphatic heterocycles. The average molecular weight is 225 g/mol. The van der Waals surface area contributed by atoms with Gasteiger partial charge in [-0.3, -0.25) is 0 Å². The largest absolute Gasteiger partial charge is 0.379 e. The Hall–Kier alpha value is -0.830. The van der Waals surface area contributed by atoms with Gasteiger partial charge in [0.15, 0.2) is 0 Å². The maximum Gasteiger partial charge on any atom is 0.124 e. The minimum absolute atomic E-state index is 0.409. The Morgan fingerprint density at radius 3 is 2.94 bits per heavy atom. The number of rotatable bonds is 9. The first-order valence-electron chi connectivity index (χ1n) is 6.33. The third-order valence-corrected chi connectivity index (χ3v) is 2.69. The molecule has 1 unspecified atom stereocenters. The lowest BCUT2D eigenvalue weighted by Gasteiger charge is -2.11. The van der Waals surface area contributed by atoms with Gasteiger partial charge in [-0.2, -0.15) is 0 Å². The molecule has 0 bridgehead atoms. The maximum absolute atomic E-state index is 5.72. The van der Waals surface area contributed by atoms with E-state index in [1.54, 1.807) is 6.26 Å². The van der Waals surface area contributed by atoms with Crippen molar-refractivity contribution in [1.29, 1.82) is 0 Å². The lowest BCUT2D eigenvalue weighted by Crippen LogP contribution is -2.09. The molecule has 0 aliphatic rings. The summed E-state index contributed by atoms with van der Waals surface area (Å²) in [6.45, 7) is 5.24. The van der Waals surface area contributed by atoms with Gasteiger partial charge in [-0.15, -0.1) is 0 Å². The molecule has 16 heavy (non-hydrogen) atoms. The molecule has 92 valence electrons. The molecule has 1 aromatic heterocycles. The molecule has 0 saturated heterocycles. The van der Waals surface area contributed by atoms with Crippen molar-refractivity contribution in [2.75, 3.05) is 6.61 Å². The summed E-state index contributed by atoms with van der Waals surface area (Å²) in [5, 5.41) is 3.87. The average Bonchev–Trinajstić information content (AvgIpc) is 2.79. The minimum Gasteiger partial charge on any atom is -0.379 e. The maximum atomic E-state index is 5.72. The molecule has 1 aromatic rings. The summed E-state index contributed by atoms with van der Waals surface area (Å²) in [6.07, 6.45) is 8.94. The highest BCUT2D eigenvalue weighted by atomic mass is 16.5. The van der Waals surface area contributed by atoms with Crippen molar-refractivity contribution in [3.05, 3.63) is 18.0 Å². The second-order valence-corrected chi connectivity index (χ2v) is 4.27. The fourth-order valence-electron chi connectivity index (χ4n) is 1.63. The van der Waals surface area contributed by atoms with E-state index in [4.69, 9.17) is 9.26 Å². The van der Waals surface area contributed by atoms with Crippen molar-refractivity contribution >= 4 is 0 Å². The first-order valence-corrected chi connectivity index (χ1v) is 6.33. The molecule has 0 saturated carbocycles. The molecule has 0 amide bonds. The van der Waals surface area contributed by atoms with Crippen molar-refractivity contribution in [2.24, 2.45) is 0 Å². The molecule has 1 rings (SSSR count). The minimum atomic E-state index is 0.409. The second kappa shape index (κ2) is 8.34. The van der Waals surface area contributed by atoms with Gasteiger partial charge in [-0.25, -0.2) is 0 Å². The van der Waals surface area contributed by atoms with Crippen LogP contribution in [0, 0.1) is 0 Å². The van der Waals surface area contributed by atoms with E-state index in [-0.39, 0.29) is 0 Å². The molecule has 0 N–H and O–H groups in total. The van der Waals surface area contributed by atoms with Crippen molar-refractivity contribution in [3.63, 3.8) is 0 Å².